The van der Waals surface area contributed by atoms with Crippen LogP contribution in [0.5, 0.6) is 0 Å². The van der Waals surface area contributed by atoms with Gasteiger partial charge < -0.3 is 28.8 Å². The van der Waals surface area contributed by atoms with Crippen LogP contribution in [0.3, 0.4) is 0 Å². The minimum absolute atomic E-state index is 0.0116. The first kappa shape index (κ1) is 53.2. The number of hydrogen-bond donors (Lipinski definition) is 2. The van der Waals surface area contributed by atoms with Gasteiger partial charge in [-0.3, -0.25) is 9.36 Å². The van der Waals surface area contributed by atoms with Crippen molar-refractivity contribution in [3.05, 3.63) is 60.8 Å². The lowest BCUT2D eigenvalue weighted by Gasteiger charge is -2.29. The number of likely N-dealkylation sites (N-methyl/N-ethyl adjacent to an activating group) is 1. The van der Waals surface area contributed by atoms with Crippen LogP contribution in [0.2, 0.25) is 0 Å². The molecule has 320 valence electrons. The predicted molar refractivity (Wildman–Crippen MR) is 233 cm³/mol. The van der Waals surface area contributed by atoms with Crippen LogP contribution in [0.25, 0.3) is 0 Å². The largest absolute Gasteiger partial charge is 0.756 e. The summed E-state index contributed by atoms with van der Waals surface area (Å²) in [4.78, 5) is 25.3. The SMILES string of the molecule is CC/C=C\C/C=C\C/C=C\C/C=C\CCCCC(=O)NC(COP(=O)([O-])OCC[N+](C)(C)C)C(O)/C=C/CCCCCCCCCCCCCCCCCC. The first-order chi connectivity index (χ1) is 26.5. The summed E-state index contributed by atoms with van der Waals surface area (Å²) in [6.45, 7) is 4.49. The molecule has 0 aliphatic carbocycles. The van der Waals surface area contributed by atoms with E-state index in [1.54, 1.807) is 6.08 Å². The summed E-state index contributed by atoms with van der Waals surface area (Å²) in [7, 11) is 1.22. The maximum absolute atomic E-state index is 12.8. The van der Waals surface area contributed by atoms with Crippen molar-refractivity contribution in [1.29, 1.82) is 0 Å². The van der Waals surface area contributed by atoms with E-state index in [4.69, 9.17) is 9.05 Å². The van der Waals surface area contributed by atoms with Crippen LogP contribution in [-0.4, -0.2) is 68.5 Å². The average Bonchev–Trinajstić information content (AvgIpc) is 3.13. The molecule has 0 aliphatic rings. The Morgan fingerprint density at radius 3 is 1.62 bits per heavy atom. The minimum Gasteiger partial charge on any atom is -0.756 e. The highest BCUT2D eigenvalue weighted by Crippen LogP contribution is 2.38. The van der Waals surface area contributed by atoms with Crippen molar-refractivity contribution in [2.45, 2.75) is 187 Å². The van der Waals surface area contributed by atoms with E-state index in [9.17, 15) is 19.4 Å². The summed E-state index contributed by atoms with van der Waals surface area (Å²) < 4.78 is 23.2. The fraction of sp³-hybridized carbons (Fsp3) is 0.761. The van der Waals surface area contributed by atoms with Gasteiger partial charge in [-0.1, -0.05) is 171 Å². The highest BCUT2D eigenvalue weighted by Gasteiger charge is 2.23. The molecule has 0 spiro atoms. The number of hydrogen-bond acceptors (Lipinski definition) is 6. The quantitative estimate of drug-likeness (QED) is 0.0278. The summed E-state index contributed by atoms with van der Waals surface area (Å²) in [6.07, 6.45) is 48.4. The smallest absolute Gasteiger partial charge is 0.268 e. The zero-order chi connectivity index (χ0) is 40.7. The van der Waals surface area contributed by atoms with Gasteiger partial charge in [0.05, 0.1) is 39.9 Å². The standard InChI is InChI=1S/C46H85N2O6P/c1-6-8-10-12-14-16-18-20-22-23-24-26-27-29-31-33-35-37-39-45(49)44(43-54-55(51,52)53-42-41-48(3,4)5)47-46(50)40-38-36-34-32-30-28-25-21-19-17-15-13-11-9-7-2/h9,11,15,17,21,25,30,32,37,39,44-45,49H,6-8,10,12-14,16,18-20,22-24,26-29,31,33-36,38,40-43H2,1-5H3,(H-,47,50,51,52)/b11-9-,17-15-,25-21-,32-30-,39-37+. The molecule has 0 radical (unpaired) electrons. The second-order valence-corrected chi connectivity index (χ2v) is 17.4. The van der Waals surface area contributed by atoms with Crippen LogP contribution in [0.4, 0.5) is 0 Å². The number of amides is 1. The third-order valence-corrected chi connectivity index (χ3v) is 10.4. The maximum Gasteiger partial charge on any atom is 0.268 e. The number of nitrogens with zero attached hydrogens (tertiary/aromatic N) is 1. The number of phosphoric acid groups is 1. The molecule has 8 nitrogen and oxygen atoms in total. The Morgan fingerprint density at radius 1 is 0.655 bits per heavy atom. The van der Waals surface area contributed by atoms with Crippen LogP contribution in [0.1, 0.15) is 174 Å². The second kappa shape index (κ2) is 37.8. The molecule has 0 aromatic rings. The Morgan fingerprint density at radius 2 is 1.11 bits per heavy atom. The topological polar surface area (TPSA) is 108 Å². The molecule has 1 amide bonds. The molecule has 3 unspecified atom stereocenters. The number of carbonyl (C=O) groups is 1. The van der Waals surface area contributed by atoms with E-state index in [1.165, 1.54) is 89.9 Å². The maximum atomic E-state index is 12.8. The molecule has 0 aromatic carbocycles. The highest BCUT2D eigenvalue weighted by molar-refractivity contribution is 7.45. The van der Waals surface area contributed by atoms with Gasteiger partial charge >= 0.3 is 0 Å². The van der Waals surface area contributed by atoms with Gasteiger partial charge in [-0.2, -0.15) is 0 Å². The molecule has 3 atom stereocenters. The Bertz CT molecular complexity index is 1080. The van der Waals surface area contributed by atoms with Crippen LogP contribution in [0, 0.1) is 0 Å². The third kappa shape index (κ3) is 40.2. The highest BCUT2D eigenvalue weighted by atomic mass is 31.2. The van der Waals surface area contributed by atoms with Crippen molar-refractivity contribution in [2.24, 2.45) is 0 Å². The van der Waals surface area contributed by atoms with Crippen molar-refractivity contribution in [3.8, 4) is 0 Å². The first-order valence-corrected chi connectivity index (χ1v) is 23.6. The Kier molecular flexibility index (Phi) is 36.5. The van der Waals surface area contributed by atoms with E-state index in [-0.39, 0.29) is 18.9 Å². The zero-order valence-corrected chi connectivity index (χ0v) is 37.0. The number of quaternary nitrogens is 1. The van der Waals surface area contributed by atoms with E-state index < -0.39 is 26.6 Å². The molecule has 0 aliphatic heterocycles. The molecule has 2 N–H and O–H groups in total. The minimum atomic E-state index is -4.60. The number of rotatable bonds is 39. The molecule has 0 rings (SSSR count). The van der Waals surface area contributed by atoms with Crippen molar-refractivity contribution in [3.63, 3.8) is 0 Å². The number of carbonyl (C=O) groups excluding carboxylic acids is 1. The zero-order valence-electron chi connectivity index (χ0n) is 36.1. The number of nitrogens with one attached hydrogen (secondary N) is 1. The molecular weight excluding hydrogens is 707 g/mol. The number of phosphoric ester groups is 1. The van der Waals surface area contributed by atoms with Gasteiger partial charge in [-0.05, 0) is 57.8 Å². The lowest BCUT2D eigenvalue weighted by molar-refractivity contribution is -0.870. The van der Waals surface area contributed by atoms with Crippen LogP contribution in [0.15, 0.2) is 60.8 Å². The van der Waals surface area contributed by atoms with Gasteiger partial charge in [0, 0.05) is 6.42 Å². The van der Waals surface area contributed by atoms with Crippen molar-refractivity contribution >= 4 is 13.7 Å². The predicted octanol–water partition coefficient (Wildman–Crippen LogP) is 11.6. The van der Waals surface area contributed by atoms with Gasteiger partial charge in [0.1, 0.15) is 13.2 Å². The third-order valence-electron chi connectivity index (χ3n) is 9.48. The number of allylic oxidation sites excluding steroid dienone is 9. The summed E-state index contributed by atoms with van der Waals surface area (Å²) >= 11 is 0. The molecule has 0 saturated carbocycles. The summed E-state index contributed by atoms with van der Waals surface area (Å²) in [5.74, 6) is -0.240. The monoisotopic (exact) mass is 793 g/mol. The number of aliphatic hydroxyl groups excluding tert-OH is 1. The number of unbranched alkanes of at least 4 members (excludes halogenated alkanes) is 18. The van der Waals surface area contributed by atoms with Crippen LogP contribution >= 0.6 is 7.82 Å². The first-order valence-electron chi connectivity index (χ1n) is 22.2. The fourth-order valence-electron chi connectivity index (χ4n) is 5.97. The van der Waals surface area contributed by atoms with E-state index in [0.717, 1.165) is 57.8 Å². The van der Waals surface area contributed by atoms with E-state index in [0.29, 0.717) is 17.4 Å². The Balaban J connectivity index is 4.50. The molecule has 0 heterocycles. The molecule has 9 heteroatoms. The lowest BCUT2D eigenvalue weighted by atomic mass is 10.0. The van der Waals surface area contributed by atoms with Gasteiger partial charge in [-0.25, -0.2) is 0 Å². The van der Waals surface area contributed by atoms with Gasteiger partial charge in [-0.15, -0.1) is 0 Å². The average molecular weight is 793 g/mol. The van der Waals surface area contributed by atoms with Crippen molar-refractivity contribution in [1.82, 2.24) is 5.32 Å². The van der Waals surface area contributed by atoms with Gasteiger partial charge in [0.25, 0.3) is 7.82 Å². The van der Waals surface area contributed by atoms with Gasteiger partial charge in [0.15, 0.2) is 0 Å². The van der Waals surface area contributed by atoms with Crippen LogP contribution < -0.4 is 10.2 Å². The fourth-order valence-corrected chi connectivity index (χ4v) is 6.69. The molecular formula is C46H85N2O6P. The van der Waals surface area contributed by atoms with Crippen molar-refractivity contribution < 1.29 is 32.9 Å². The molecule has 0 bridgehead atoms. The number of aliphatic hydroxyl groups is 1. The summed E-state index contributed by atoms with van der Waals surface area (Å²) in [6, 6.07) is -0.909. The van der Waals surface area contributed by atoms with E-state index in [1.807, 2.05) is 27.2 Å². The normalized spacial score (nSPS) is 15.0. The van der Waals surface area contributed by atoms with E-state index in [2.05, 4.69) is 67.8 Å². The van der Waals surface area contributed by atoms with Gasteiger partial charge in [0.2, 0.25) is 5.91 Å². The molecule has 0 aromatic heterocycles. The summed E-state index contributed by atoms with van der Waals surface area (Å²) in [5.41, 5.74) is 0. The molecule has 0 fully saturated rings. The molecule has 0 saturated heterocycles. The Hall–Kier alpha value is -1.80. The second-order valence-electron chi connectivity index (χ2n) is 16.0. The van der Waals surface area contributed by atoms with Crippen molar-refractivity contribution in [2.75, 3.05) is 40.9 Å². The molecule has 55 heavy (non-hydrogen) atoms. The lowest BCUT2D eigenvalue weighted by Crippen LogP contribution is -2.45. The summed E-state index contributed by atoms with van der Waals surface area (Å²) in [5, 5.41) is 13.7. The Labute approximate surface area is 339 Å². The van der Waals surface area contributed by atoms with Crippen LogP contribution in [-0.2, 0) is 18.4 Å². The van der Waals surface area contributed by atoms with E-state index >= 15 is 0 Å².